The highest BCUT2D eigenvalue weighted by molar-refractivity contribution is 7.89. The third kappa shape index (κ3) is 5.02. The minimum atomic E-state index is -3.71. The van der Waals surface area contributed by atoms with Crippen molar-refractivity contribution in [2.24, 2.45) is 0 Å². The van der Waals surface area contributed by atoms with Crippen LogP contribution in [-0.2, 0) is 19.6 Å². The highest BCUT2D eigenvalue weighted by atomic mass is 32.2. The van der Waals surface area contributed by atoms with E-state index in [1.165, 1.54) is 25.3 Å². The third-order valence-corrected chi connectivity index (χ3v) is 4.58. The maximum atomic E-state index is 12.2. The van der Waals surface area contributed by atoms with Crippen LogP contribution in [-0.4, -0.2) is 51.7 Å². The summed E-state index contributed by atoms with van der Waals surface area (Å²) in [5, 5.41) is 11.3. The number of aliphatic carboxylic acids is 1. The van der Waals surface area contributed by atoms with Crippen LogP contribution in [0.1, 0.15) is 22.8 Å². The lowest BCUT2D eigenvalue weighted by molar-refractivity contribution is -0.140. The van der Waals surface area contributed by atoms with Gasteiger partial charge in [0.2, 0.25) is 10.0 Å². The van der Waals surface area contributed by atoms with Crippen molar-refractivity contribution >= 4 is 21.9 Å². The van der Waals surface area contributed by atoms with E-state index < -0.39 is 27.9 Å². The summed E-state index contributed by atoms with van der Waals surface area (Å²) >= 11 is 0. The van der Waals surface area contributed by atoms with Crippen molar-refractivity contribution in [1.29, 1.82) is 0 Å². The molecule has 0 fully saturated rings. The molecule has 0 saturated carbocycles. The molecule has 1 amide bonds. The number of nitrogens with one attached hydrogen (secondary N) is 2. The van der Waals surface area contributed by atoms with Crippen LogP contribution in [0, 0.1) is 6.92 Å². The maximum absolute atomic E-state index is 12.2. The van der Waals surface area contributed by atoms with E-state index in [0.717, 1.165) is 0 Å². The number of sulfonamides is 1. The van der Waals surface area contributed by atoms with E-state index in [4.69, 9.17) is 9.84 Å². The molecule has 3 N–H and O–H groups in total. The Morgan fingerprint density at radius 3 is 2.52 bits per heavy atom. The Hall–Kier alpha value is -1.97. The van der Waals surface area contributed by atoms with Gasteiger partial charge in [0.15, 0.2) is 6.04 Å². The van der Waals surface area contributed by atoms with Gasteiger partial charge in [-0.1, -0.05) is 13.0 Å². The van der Waals surface area contributed by atoms with E-state index in [9.17, 15) is 18.0 Å². The Bertz CT molecular complexity index is 687. The molecule has 1 aromatic rings. The van der Waals surface area contributed by atoms with E-state index >= 15 is 0 Å². The summed E-state index contributed by atoms with van der Waals surface area (Å²) in [7, 11) is -2.39. The standard InChI is InChI=1S/C14H20N2O6S/c1-4-15-23(20,21)10-6-5-9(2)11(7-10)13(17)16-12(8-22-3)14(18)19/h5-7,12,15H,4,8H2,1-3H3,(H,16,17)(H,18,19). The number of carboxylic acids is 1. The van der Waals surface area contributed by atoms with Gasteiger partial charge in [-0.25, -0.2) is 17.9 Å². The van der Waals surface area contributed by atoms with Crippen LogP contribution in [0.15, 0.2) is 23.1 Å². The predicted octanol–water partition coefficient (Wildman–Crippen LogP) is 0.123. The Morgan fingerprint density at radius 2 is 2.00 bits per heavy atom. The van der Waals surface area contributed by atoms with E-state index in [1.807, 2.05) is 0 Å². The summed E-state index contributed by atoms with van der Waals surface area (Å²) in [6.07, 6.45) is 0. The van der Waals surface area contributed by atoms with Gasteiger partial charge < -0.3 is 15.2 Å². The average molecular weight is 344 g/mol. The molecule has 1 unspecified atom stereocenters. The molecule has 1 aromatic carbocycles. The highest BCUT2D eigenvalue weighted by Gasteiger charge is 2.23. The molecule has 9 heteroatoms. The minimum Gasteiger partial charge on any atom is -0.480 e. The number of carboxylic acid groups (broad SMARTS) is 1. The molecule has 0 bridgehead atoms. The van der Waals surface area contributed by atoms with Crippen LogP contribution in [0.2, 0.25) is 0 Å². The van der Waals surface area contributed by atoms with Gasteiger partial charge in [0.25, 0.3) is 5.91 Å². The van der Waals surface area contributed by atoms with Crippen molar-refractivity contribution in [3.8, 4) is 0 Å². The normalized spacial score (nSPS) is 12.7. The van der Waals surface area contributed by atoms with Gasteiger partial charge >= 0.3 is 5.97 Å². The Labute approximate surface area is 134 Å². The summed E-state index contributed by atoms with van der Waals surface area (Å²) in [5.74, 6) is -1.92. The summed E-state index contributed by atoms with van der Waals surface area (Å²) in [5.41, 5.74) is 0.617. The number of methoxy groups -OCH3 is 1. The Kier molecular flexibility index (Phi) is 6.67. The van der Waals surface area contributed by atoms with Gasteiger partial charge in [-0.15, -0.1) is 0 Å². The molecule has 128 valence electrons. The zero-order valence-corrected chi connectivity index (χ0v) is 13.9. The lowest BCUT2D eigenvalue weighted by Crippen LogP contribution is -2.44. The number of hydrogen-bond acceptors (Lipinski definition) is 5. The van der Waals surface area contributed by atoms with Crippen molar-refractivity contribution in [3.63, 3.8) is 0 Å². The molecule has 8 nitrogen and oxygen atoms in total. The summed E-state index contributed by atoms with van der Waals surface area (Å²) < 4.78 is 31.1. The molecule has 1 atom stereocenters. The van der Waals surface area contributed by atoms with Gasteiger partial charge in [0.05, 0.1) is 11.5 Å². The molecule has 0 spiro atoms. The number of benzene rings is 1. The van der Waals surface area contributed by atoms with Crippen molar-refractivity contribution in [2.45, 2.75) is 24.8 Å². The van der Waals surface area contributed by atoms with Crippen molar-refractivity contribution in [1.82, 2.24) is 10.0 Å². The van der Waals surface area contributed by atoms with E-state index in [2.05, 4.69) is 10.0 Å². The number of aryl methyl sites for hydroxylation is 1. The molecule has 23 heavy (non-hydrogen) atoms. The monoisotopic (exact) mass is 344 g/mol. The van der Waals surface area contributed by atoms with Crippen molar-refractivity contribution < 1.29 is 27.9 Å². The van der Waals surface area contributed by atoms with Crippen LogP contribution in [0.4, 0.5) is 0 Å². The second kappa shape index (κ2) is 8.04. The third-order valence-electron chi connectivity index (χ3n) is 3.04. The largest absolute Gasteiger partial charge is 0.480 e. The summed E-state index contributed by atoms with van der Waals surface area (Å²) in [6.45, 7) is 3.29. The molecule has 0 aliphatic carbocycles. The molecule has 0 radical (unpaired) electrons. The van der Waals surface area contributed by atoms with Crippen LogP contribution in [0.3, 0.4) is 0 Å². The molecule has 0 aliphatic rings. The zero-order valence-electron chi connectivity index (χ0n) is 13.1. The molecule has 0 aromatic heterocycles. The predicted molar refractivity (Wildman–Crippen MR) is 82.8 cm³/mol. The first-order valence-corrected chi connectivity index (χ1v) is 8.34. The number of rotatable bonds is 8. The fourth-order valence-corrected chi connectivity index (χ4v) is 2.93. The Morgan fingerprint density at radius 1 is 1.35 bits per heavy atom. The number of hydrogen-bond donors (Lipinski definition) is 3. The first kappa shape index (κ1) is 19.1. The van der Waals surface area contributed by atoms with Gasteiger partial charge in [-0.3, -0.25) is 4.79 Å². The number of amides is 1. The summed E-state index contributed by atoms with van der Waals surface area (Å²) in [4.78, 5) is 23.2. The van der Waals surface area contributed by atoms with Crippen LogP contribution in [0.25, 0.3) is 0 Å². The van der Waals surface area contributed by atoms with Crippen LogP contribution >= 0.6 is 0 Å². The highest BCUT2D eigenvalue weighted by Crippen LogP contribution is 2.16. The van der Waals surface area contributed by atoms with Crippen molar-refractivity contribution in [3.05, 3.63) is 29.3 Å². The lowest BCUT2D eigenvalue weighted by atomic mass is 10.1. The van der Waals surface area contributed by atoms with E-state index in [0.29, 0.717) is 5.56 Å². The molecule has 0 heterocycles. The van der Waals surface area contributed by atoms with Crippen LogP contribution < -0.4 is 10.0 Å². The smallest absolute Gasteiger partial charge is 0.328 e. The fourth-order valence-electron chi connectivity index (χ4n) is 1.86. The van der Waals surface area contributed by atoms with Gasteiger partial charge in [0, 0.05) is 19.2 Å². The topological polar surface area (TPSA) is 122 Å². The fraction of sp³-hybridized carbons (Fsp3) is 0.429. The Balaban J connectivity index is 3.12. The molecule has 0 aliphatic heterocycles. The first-order chi connectivity index (χ1) is 10.7. The van der Waals surface area contributed by atoms with E-state index in [1.54, 1.807) is 13.8 Å². The maximum Gasteiger partial charge on any atom is 0.328 e. The van der Waals surface area contributed by atoms with Gasteiger partial charge in [-0.05, 0) is 24.6 Å². The SMILES string of the molecule is CCNS(=O)(=O)c1ccc(C)c(C(=O)NC(COC)C(=O)O)c1. The second-order valence-corrected chi connectivity index (χ2v) is 6.56. The lowest BCUT2D eigenvalue weighted by Gasteiger charge is -2.15. The van der Waals surface area contributed by atoms with Crippen molar-refractivity contribution in [2.75, 3.05) is 20.3 Å². The molecule has 1 rings (SSSR count). The van der Waals surface area contributed by atoms with Gasteiger partial charge in [0.1, 0.15) is 0 Å². The average Bonchev–Trinajstić information content (AvgIpc) is 2.46. The molecule has 0 saturated heterocycles. The molecular formula is C14H20N2O6S. The number of carbonyl (C=O) groups excluding carboxylic acids is 1. The minimum absolute atomic E-state index is 0.0614. The summed E-state index contributed by atoms with van der Waals surface area (Å²) in [6, 6.07) is 2.87. The van der Waals surface area contributed by atoms with Gasteiger partial charge in [-0.2, -0.15) is 0 Å². The van der Waals surface area contributed by atoms with Crippen LogP contribution in [0.5, 0.6) is 0 Å². The quantitative estimate of drug-likeness (QED) is 0.616. The number of carbonyl (C=O) groups is 2. The zero-order chi connectivity index (χ0) is 17.6. The first-order valence-electron chi connectivity index (χ1n) is 6.85. The molecular weight excluding hydrogens is 324 g/mol. The second-order valence-electron chi connectivity index (χ2n) is 4.80. The number of ether oxygens (including phenoxy) is 1. The van der Waals surface area contributed by atoms with E-state index in [-0.39, 0.29) is 23.6 Å².